The molecule has 1 aromatic carbocycles. The first kappa shape index (κ1) is 19.6. The summed E-state index contributed by atoms with van der Waals surface area (Å²) in [6.45, 7) is 3.32. The van der Waals surface area contributed by atoms with E-state index in [0.717, 1.165) is 26.1 Å². The van der Waals surface area contributed by atoms with E-state index in [1.165, 1.54) is 6.07 Å². The molecule has 2 aliphatic rings. The molecule has 0 aliphatic carbocycles. The SMILES string of the molecule is O=c1[nH]c(CSC2CCOCC2)nc2cc(OCC3COCCO3)cc(F)c12. The van der Waals surface area contributed by atoms with Gasteiger partial charge in [0.05, 0.1) is 31.1 Å². The first-order chi connectivity index (χ1) is 13.7. The van der Waals surface area contributed by atoms with Crippen LogP contribution in [-0.2, 0) is 20.0 Å². The molecule has 2 aliphatic heterocycles. The molecule has 2 aromatic rings. The van der Waals surface area contributed by atoms with Crippen molar-refractivity contribution in [3.05, 3.63) is 34.1 Å². The van der Waals surface area contributed by atoms with Gasteiger partial charge in [0.2, 0.25) is 0 Å². The Bertz CT molecular complexity index is 860. The van der Waals surface area contributed by atoms with Crippen LogP contribution in [0.3, 0.4) is 0 Å². The second-order valence-electron chi connectivity index (χ2n) is 6.81. The lowest BCUT2D eigenvalue weighted by Gasteiger charge is -2.23. The number of ether oxygens (including phenoxy) is 4. The van der Waals surface area contributed by atoms with Gasteiger partial charge in [-0.15, -0.1) is 0 Å². The minimum absolute atomic E-state index is 0.0515. The van der Waals surface area contributed by atoms with Crippen molar-refractivity contribution in [3.63, 3.8) is 0 Å². The Morgan fingerprint density at radius 1 is 1.21 bits per heavy atom. The number of aromatic nitrogens is 2. The second kappa shape index (κ2) is 9.21. The van der Waals surface area contributed by atoms with Crippen LogP contribution in [0.15, 0.2) is 16.9 Å². The molecule has 7 nitrogen and oxygen atoms in total. The van der Waals surface area contributed by atoms with Gasteiger partial charge in [-0.3, -0.25) is 4.79 Å². The number of benzene rings is 1. The van der Waals surface area contributed by atoms with Crippen molar-refractivity contribution in [1.82, 2.24) is 9.97 Å². The zero-order valence-electron chi connectivity index (χ0n) is 15.4. The molecule has 0 spiro atoms. The third-order valence-electron chi connectivity index (χ3n) is 4.73. The number of rotatable bonds is 6. The van der Waals surface area contributed by atoms with Crippen molar-refractivity contribution in [2.24, 2.45) is 0 Å². The molecule has 1 aromatic heterocycles. The highest BCUT2D eigenvalue weighted by Crippen LogP contribution is 2.26. The molecule has 1 unspecified atom stereocenters. The Kier molecular flexibility index (Phi) is 6.46. The van der Waals surface area contributed by atoms with Gasteiger partial charge in [0.1, 0.15) is 35.5 Å². The summed E-state index contributed by atoms with van der Waals surface area (Å²) < 4.78 is 36.3. The van der Waals surface area contributed by atoms with Gasteiger partial charge in [-0.05, 0) is 12.8 Å². The number of fused-ring (bicyclic) bond motifs is 1. The van der Waals surface area contributed by atoms with Crippen molar-refractivity contribution in [1.29, 1.82) is 0 Å². The molecule has 3 heterocycles. The molecular formula is C19H23FN2O5S. The maximum Gasteiger partial charge on any atom is 0.261 e. The molecule has 0 radical (unpaired) electrons. The Hall–Kier alpha value is -1.68. The molecule has 0 amide bonds. The highest BCUT2D eigenvalue weighted by molar-refractivity contribution is 7.99. The number of H-pyrrole nitrogens is 1. The van der Waals surface area contributed by atoms with E-state index in [1.54, 1.807) is 17.8 Å². The van der Waals surface area contributed by atoms with E-state index in [-0.39, 0.29) is 18.1 Å². The third kappa shape index (κ3) is 4.83. The maximum atomic E-state index is 14.5. The number of halogens is 1. The van der Waals surface area contributed by atoms with Crippen molar-refractivity contribution < 1.29 is 23.3 Å². The standard InChI is InChI=1S/C19H23FN2O5S/c20-15-7-12(27-10-13-9-25-5-6-26-13)8-16-18(15)19(23)22-17(21-16)11-28-14-1-3-24-4-2-14/h7-8,13-14H,1-6,9-11H2,(H,21,22,23). The van der Waals surface area contributed by atoms with Crippen LogP contribution in [0.5, 0.6) is 5.75 Å². The first-order valence-corrected chi connectivity index (χ1v) is 10.5. The van der Waals surface area contributed by atoms with Gasteiger partial charge in [-0.1, -0.05) is 0 Å². The fourth-order valence-corrected chi connectivity index (χ4v) is 4.32. The monoisotopic (exact) mass is 410 g/mol. The van der Waals surface area contributed by atoms with Crippen molar-refractivity contribution in [3.8, 4) is 5.75 Å². The molecule has 0 saturated carbocycles. The van der Waals surface area contributed by atoms with Crippen LogP contribution in [0.1, 0.15) is 18.7 Å². The van der Waals surface area contributed by atoms with E-state index in [4.69, 9.17) is 18.9 Å². The van der Waals surface area contributed by atoms with Gasteiger partial charge < -0.3 is 23.9 Å². The van der Waals surface area contributed by atoms with E-state index in [2.05, 4.69) is 9.97 Å². The molecule has 9 heteroatoms. The van der Waals surface area contributed by atoms with Crippen LogP contribution in [0.25, 0.3) is 10.9 Å². The van der Waals surface area contributed by atoms with Gasteiger partial charge in [0.15, 0.2) is 0 Å². The molecular weight excluding hydrogens is 387 g/mol. The summed E-state index contributed by atoms with van der Waals surface area (Å²) in [5, 5.41) is 0.434. The summed E-state index contributed by atoms with van der Waals surface area (Å²) in [5.74, 6) is 0.774. The molecule has 28 heavy (non-hydrogen) atoms. The number of nitrogens with zero attached hydrogens (tertiary/aromatic N) is 1. The van der Waals surface area contributed by atoms with E-state index in [9.17, 15) is 9.18 Å². The molecule has 1 N–H and O–H groups in total. The highest BCUT2D eigenvalue weighted by atomic mass is 32.2. The average molecular weight is 410 g/mol. The van der Waals surface area contributed by atoms with Crippen LogP contribution in [0.2, 0.25) is 0 Å². The molecule has 152 valence electrons. The predicted octanol–water partition coefficient (Wildman–Crippen LogP) is 2.27. The van der Waals surface area contributed by atoms with Crippen LogP contribution in [0.4, 0.5) is 4.39 Å². The highest BCUT2D eigenvalue weighted by Gasteiger charge is 2.18. The Labute approximate surface area is 165 Å². The summed E-state index contributed by atoms with van der Waals surface area (Å²) >= 11 is 1.74. The van der Waals surface area contributed by atoms with Crippen LogP contribution < -0.4 is 10.3 Å². The van der Waals surface area contributed by atoms with E-state index < -0.39 is 11.4 Å². The van der Waals surface area contributed by atoms with Crippen molar-refractivity contribution >= 4 is 22.7 Å². The Morgan fingerprint density at radius 2 is 2.07 bits per heavy atom. The minimum atomic E-state index is -0.648. The Balaban J connectivity index is 1.48. The van der Waals surface area contributed by atoms with Crippen molar-refractivity contribution in [2.75, 3.05) is 39.6 Å². The summed E-state index contributed by atoms with van der Waals surface area (Å²) in [5.41, 5.74) is -0.178. The zero-order valence-corrected chi connectivity index (χ0v) is 16.3. The number of aromatic amines is 1. The summed E-state index contributed by atoms with van der Waals surface area (Å²) in [6, 6.07) is 2.80. The number of hydrogen-bond donors (Lipinski definition) is 1. The lowest BCUT2D eigenvalue weighted by Crippen LogP contribution is -2.33. The van der Waals surface area contributed by atoms with Gasteiger partial charge in [0, 0.05) is 30.6 Å². The number of nitrogens with one attached hydrogen (secondary N) is 1. The summed E-state index contributed by atoms with van der Waals surface area (Å²) in [4.78, 5) is 19.5. The van der Waals surface area contributed by atoms with Gasteiger partial charge in [-0.2, -0.15) is 11.8 Å². The van der Waals surface area contributed by atoms with Crippen molar-refractivity contribution in [2.45, 2.75) is 29.9 Å². The van der Waals surface area contributed by atoms with Crippen LogP contribution in [0, 0.1) is 5.82 Å². The molecule has 2 saturated heterocycles. The van der Waals surface area contributed by atoms with E-state index >= 15 is 0 Å². The molecule has 2 fully saturated rings. The van der Waals surface area contributed by atoms with Crippen LogP contribution >= 0.6 is 11.8 Å². The number of thioether (sulfide) groups is 1. The molecule has 1 atom stereocenters. The fraction of sp³-hybridized carbons (Fsp3) is 0.579. The fourth-order valence-electron chi connectivity index (χ4n) is 3.26. The largest absolute Gasteiger partial charge is 0.491 e. The molecule has 4 rings (SSSR count). The smallest absolute Gasteiger partial charge is 0.261 e. The summed E-state index contributed by atoms with van der Waals surface area (Å²) in [7, 11) is 0. The first-order valence-electron chi connectivity index (χ1n) is 9.43. The van der Waals surface area contributed by atoms with Crippen LogP contribution in [-0.4, -0.2) is 61.0 Å². The minimum Gasteiger partial charge on any atom is -0.491 e. The number of hydrogen-bond acceptors (Lipinski definition) is 7. The topological polar surface area (TPSA) is 82.7 Å². The second-order valence-corrected chi connectivity index (χ2v) is 8.10. The maximum absolute atomic E-state index is 14.5. The zero-order chi connectivity index (χ0) is 19.3. The average Bonchev–Trinajstić information content (AvgIpc) is 2.72. The Morgan fingerprint density at radius 3 is 2.86 bits per heavy atom. The summed E-state index contributed by atoms with van der Waals surface area (Å²) in [6.07, 6.45) is 1.79. The third-order valence-corrected chi connectivity index (χ3v) is 6.11. The lowest BCUT2D eigenvalue weighted by molar-refractivity contribution is -0.101. The normalized spacial score (nSPS) is 21.1. The molecule has 0 bridgehead atoms. The van der Waals surface area contributed by atoms with Gasteiger partial charge >= 0.3 is 0 Å². The van der Waals surface area contributed by atoms with Gasteiger partial charge in [-0.25, -0.2) is 9.37 Å². The predicted molar refractivity (Wildman–Crippen MR) is 104 cm³/mol. The quantitative estimate of drug-likeness (QED) is 0.782. The lowest BCUT2D eigenvalue weighted by atomic mass is 10.2. The van der Waals surface area contributed by atoms with Gasteiger partial charge in [0.25, 0.3) is 5.56 Å². The van der Waals surface area contributed by atoms with E-state index in [1.807, 2.05) is 0 Å². The van der Waals surface area contributed by atoms with E-state index in [0.29, 0.717) is 47.9 Å².